The quantitative estimate of drug-likeness (QED) is 0.0591. The lowest BCUT2D eigenvalue weighted by molar-refractivity contribution is -0.692. The average molecular weight is 634 g/mol. The van der Waals surface area contributed by atoms with Gasteiger partial charge in [-0.3, -0.25) is 0 Å². The number of imidazole rings is 1. The standard InChI is InChI=1S/C43H57N2O2/c1-13-34-39(36(25-46-12)47-24-28(7)43(11,15-3)42(9,10)14-2)38-31-18-16-27(6)22-32(31)29(8)37-33-23-30(26(4)5)17-19-35(33)45-21-20-44(34)41(45)40(37)38/h13,16-23,26,28,34,36,39H,1,14-15,24-25H2,2-12H3/q+1/t28-,34?,36?,39?,43?/m1/s1. The van der Waals surface area contributed by atoms with Crippen molar-refractivity contribution in [1.82, 2.24) is 4.40 Å². The van der Waals surface area contributed by atoms with E-state index in [0.29, 0.717) is 25.0 Å². The Hall–Kier alpha value is -3.21. The van der Waals surface area contributed by atoms with Gasteiger partial charge in [0.1, 0.15) is 24.0 Å². The van der Waals surface area contributed by atoms with Crippen molar-refractivity contribution in [2.75, 3.05) is 20.3 Å². The van der Waals surface area contributed by atoms with Crippen LogP contribution in [0.25, 0.3) is 38.1 Å². The minimum absolute atomic E-state index is 0.00962. The number of aromatic nitrogens is 2. The van der Waals surface area contributed by atoms with Crippen LogP contribution in [0.5, 0.6) is 0 Å². The molecule has 3 aromatic carbocycles. The van der Waals surface area contributed by atoms with Crippen molar-refractivity contribution >= 4 is 38.1 Å². The van der Waals surface area contributed by atoms with Crippen LogP contribution in [0.1, 0.15) is 108 Å². The summed E-state index contributed by atoms with van der Waals surface area (Å²) in [6, 6.07) is 14.1. The summed E-state index contributed by atoms with van der Waals surface area (Å²) in [5.41, 5.74) is 8.19. The first-order chi connectivity index (χ1) is 22.3. The number of methoxy groups -OCH3 is 1. The second-order valence-corrected chi connectivity index (χ2v) is 15.7. The van der Waals surface area contributed by atoms with Gasteiger partial charge in [0.2, 0.25) is 0 Å². The van der Waals surface area contributed by atoms with E-state index in [-0.39, 0.29) is 28.9 Å². The Labute approximate surface area is 282 Å². The Balaban J connectivity index is 1.65. The van der Waals surface area contributed by atoms with Crippen LogP contribution in [0.4, 0.5) is 0 Å². The number of allylic oxidation sites excluding steroid dienone is 1. The summed E-state index contributed by atoms with van der Waals surface area (Å²) in [6.07, 6.45) is 8.74. The number of ether oxygens (including phenoxy) is 2. The molecule has 5 atom stereocenters. The molecular formula is C43H57N2O2+. The van der Waals surface area contributed by atoms with Crippen LogP contribution in [0.3, 0.4) is 0 Å². The zero-order chi connectivity index (χ0) is 34.0. The maximum Gasteiger partial charge on any atom is 0.295 e. The smallest absolute Gasteiger partial charge is 0.295 e. The minimum Gasteiger partial charge on any atom is -0.382 e. The molecule has 0 spiro atoms. The average Bonchev–Trinajstić information content (AvgIpc) is 3.51. The van der Waals surface area contributed by atoms with Gasteiger partial charge in [0.25, 0.3) is 5.65 Å². The predicted molar refractivity (Wildman–Crippen MR) is 199 cm³/mol. The third kappa shape index (κ3) is 5.05. The molecule has 4 nitrogen and oxygen atoms in total. The summed E-state index contributed by atoms with van der Waals surface area (Å²) in [4.78, 5) is 0. The number of fused-ring (bicyclic) bond motifs is 5. The van der Waals surface area contributed by atoms with Crippen LogP contribution in [-0.2, 0) is 9.47 Å². The molecule has 2 aromatic heterocycles. The van der Waals surface area contributed by atoms with Gasteiger partial charge in [-0.1, -0.05) is 98.2 Å². The fourth-order valence-electron chi connectivity index (χ4n) is 8.90. The highest BCUT2D eigenvalue weighted by Gasteiger charge is 2.46. The van der Waals surface area contributed by atoms with Gasteiger partial charge < -0.3 is 9.47 Å². The summed E-state index contributed by atoms with van der Waals surface area (Å²) in [7, 11) is 1.81. The van der Waals surface area contributed by atoms with Crippen LogP contribution >= 0.6 is 0 Å². The van der Waals surface area contributed by atoms with Crippen LogP contribution < -0.4 is 4.57 Å². The Morgan fingerprint density at radius 1 is 0.936 bits per heavy atom. The highest BCUT2D eigenvalue weighted by molar-refractivity contribution is 6.20. The van der Waals surface area contributed by atoms with Gasteiger partial charge in [-0.15, -0.1) is 0 Å². The molecule has 1 aliphatic rings. The van der Waals surface area contributed by atoms with E-state index in [2.05, 4.69) is 140 Å². The van der Waals surface area contributed by atoms with E-state index < -0.39 is 0 Å². The largest absolute Gasteiger partial charge is 0.382 e. The van der Waals surface area contributed by atoms with Gasteiger partial charge in [0, 0.05) is 17.9 Å². The molecule has 0 fully saturated rings. The van der Waals surface area contributed by atoms with E-state index in [9.17, 15) is 0 Å². The first-order valence-corrected chi connectivity index (χ1v) is 17.9. The number of aryl methyl sites for hydroxylation is 2. The van der Waals surface area contributed by atoms with Crippen molar-refractivity contribution in [1.29, 1.82) is 0 Å². The molecule has 0 saturated carbocycles. The fourth-order valence-corrected chi connectivity index (χ4v) is 8.90. The molecule has 0 amide bonds. The Morgan fingerprint density at radius 2 is 1.68 bits per heavy atom. The molecule has 250 valence electrons. The molecule has 4 unspecified atom stereocenters. The first kappa shape index (κ1) is 33.7. The minimum atomic E-state index is -0.153. The van der Waals surface area contributed by atoms with Crippen molar-refractivity contribution in [2.24, 2.45) is 16.7 Å². The lowest BCUT2D eigenvalue weighted by Gasteiger charge is -2.48. The zero-order valence-electron chi connectivity index (χ0n) is 30.8. The second-order valence-electron chi connectivity index (χ2n) is 15.7. The van der Waals surface area contributed by atoms with Crippen LogP contribution in [0, 0.1) is 30.6 Å². The fraction of sp³-hybridized carbons (Fsp3) is 0.512. The topological polar surface area (TPSA) is 26.8 Å². The molecule has 1 aliphatic heterocycles. The van der Waals surface area contributed by atoms with Crippen molar-refractivity contribution in [2.45, 2.75) is 106 Å². The zero-order valence-corrected chi connectivity index (χ0v) is 30.8. The first-order valence-electron chi connectivity index (χ1n) is 17.9. The van der Waals surface area contributed by atoms with Gasteiger partial charge >= 0.3 is 0 Å². The molecule has 3 heterocycles. The monoisotopic (exact) mass is 633 g/mol. The molecule has 0 saturated heterocycles. The van der Waals surface area contributed by atoms with Gasteiger partial charge in [0.15, 0.2) is 0 Å². The number of hydrogen-bond acceptors (Lipinski definition) is 2. The Morgan fingerprint density at radius 3 is 2.32 bits per heavy atom. The number of pyridine rings is 1. The molecular weight excluding hydrogens is 576 g/mol. The van der Waals surface area contributed by atoms with Crippen molar-refractivity contribution in [3.8, 4) is 0 Å². The number of rotatable bonds is 12. The molecule has 0 aliphatic carbocycles. The van der Waals surface area contributed by atoms with Crippen LogP contribution in [-0.4, -0.2) is 30.8 Å². The van der Waals surface area contributed by atoms with Gasteiger partial charge in [0.05, 0.1) is 30.6 Å². The highest BCUT2D eigenvalue weighted by atomic mass is 16.5. The Kier molecular flexibility index (Phi) is 8.85. The maximum absolute atomic E-state index is 7.17. The van der Waals surface area contributed by atoms with Gasteiger partial charge in [-0.05, 0) is 88.6 Å². The molecule has 6 rings (SSSR count). The highest BCUT2D eigenvalue weighted by Crippen LogP contribution is 2.51. The maximum atomic E-state index is 7.17. The number of nitrogens with zero attached hydrogens (tertiary/aromatic N) is 2. The molecule has 47 heavy (non-hydrogen) atoms. The molecule has 4 heteroatoms. The third-order valence-electron chi connectivity index (χ3n) is 12.9. The molecule has 0 radical (unpaired) electrons. The Bertz CT molecular complexity index is 1980. The summed E-state index contributed by atoms with van der Waals surface area (Å²) < 4.78 is 18.0. The molecule has 0 bridgehead atoms. The van der Waals surface area contributed by atoms with Crippen molar-refractivity contribution in [3.05, 3.63) is 83.7 Å². The van der Waals surface area contributed by atoms with E-state index in [0.717, 1.165) is 12.8 Å². The van der Waals surface area contributed by atoms with E-state index in [1.165, 1.54) is 60.3 Å². The van der Waals surface area contributed by atoms with Crippen molar-refractivity contribution < 1.29 is 14.0 Å². The lowest BCUT2D eigenvalue weighted by atomic mass is 9.58. The normalized spacial score (nSPS) is 19.3. The van der Waals surface area contributed by atoms with E-state index >= 15 is 0 Å². The summed E-state index contributed by atoms with van der Waals surface area (Å²) in [5, 5.41) is 6.65. The number of hydrogen-bond donors (Lipinski definition) is 0. The van der Waals surface area contributed by atoms with Gasteiger partial charge in [-0.2, -0.15) is 4.40 Å². The summed E-state index contributed by atoms with van der Waals surface area (Å²) in [5.74, 6) is 0.847. The number of benzene rings is 3. The SMILES string of the molecule is C=CC1C(C(COC)OC[C@@H](C)C(C)(CC)C(C)(C)CC)c2c3ccc(C)cc3c(C)c3c4cc(C(C)C)ccc4n4cc[n+]1c4c23. The van der Waals surface area contributed by atoms with Gasteiger partial charge in [-0.25, -0.2) is 4.57 Å². The van der Waals surface area contributed by atoms with E-state index in [1.54, 1.807) is 0 Å². The second kappa shape index (κ2) is 12.3. The van der Waals surface area contributed by atoms with E-state index in [1.807, 2.05) is 7.11 Å². The van der Waals surface area contributed by atoms with E-state index in [4.69, 9.17) is 9.47 Å². The van der Waals surface area contributed by atoms with Crippen molar-refractivity contribution in [3.63, 3.8) is 0 Å². The predicted octanol–water partition coefficient (Wildman–Crippen LogP) is 10.8. The summed E-state index contributed by atoms with van der Waals surface area (Å²) >= 11 is 0. The van der Waals surface area contributed by atoms with Crippen LogP contribution in [0.2, 0.25) is 0 Å². The third-order valence-corrected chi connectivity index (χ3v) is 12.9. The summed E-state index contributed by atoms with van der Waals surface area (Å²) in [6.45, 7) is 29.1. The molecule has 0 N–H and O–H groups in total. The molecule has 5 aromatic rings. The van der Waals surface area contributed by atoms with Crippen LogP contribution in [0.15, 0.2) is 61.4 Å². The lowest BCUT2D eigenvalue weighted by Crippen LogP contribution is -2.49.